The molecule has 0 aromatic carbocycles. The van der Waals surface area contributed by atoms with Crippen LogP contribution in [0.5, 0.6) is 0 Å². The van der Waals surface area contributed by atoms with Crippen molar-refractivity contribution < 1.29 is 46.5 Å². The number of aromatic amines is 1. The van der Waals surface area contributed by atoms with Crippen molar-refractivity contribution in [2.24, 2.45) is 0 Å². The Morgan fingerprint density at radius 2 is 1.84 bits per heavy atom. The summed E-state index contributed by atoms with van der Waals surface area (Å²) >= 11 is 9.49. The molecule has 2 aliphatic rings. The largest absolute Gasteiger partial charge is 0.382 e. The molecule has 0 spiro atoms. The first-order valence-corrected chi connectivity index (χ1v) is 17.9. The summed E-state index contributed by atoms with van der Waals surface area (Å²) in [7, 11) is 0. The van der Waals surface area contributed by atoms with Crippen LogP contribution in [0.1, 0.15) is 25.3 Å². The van der Waals surface area contributed by atoms with Gasteiger partial charge in [-0.1, -0.05) is 0 Å². The second kappa shape index (κ2) is 11.8. The van der Waals surface area contributed by atoms with Gasteiger partial charge in [-0.25, -0.2) is 28.7 Å². The number of imidazole rings is 2. The molecule has 0 saturated carbocycles. The van der Waals surface area contributed by atoms with Gasteiger partial charge in [-0.2, -0.15) is 0 Å². The number of fused-ring (bicyclic) bond motifs is 2. The van der Waals surface area contributed by atoms with Gasteiger partial charge in [0.05, 0.1) is 37.8 Å². The molecule has 4 aromatic rings. The van der Waals surface area contributed by atoms with Crippen LogP contribution in [0, 0.1) is 0 Å². The zero-order valence-electron chi connectivity index (χ0n) is 22.1. The number of rotatable bonds is 10. The zero-order valence-corrected chi connectivity index (χ0v) is 25.5. The summed E-state index contributed by atoms with van der Waals surface area (Å²) in [5, 5.41) is 0. The molecule has 0 bridgehead atoms. The lowest BCUT2D eigenvalue weighted by Gasteiger charge is -2.29. The van der Waals surface area contributed by atoms with Crippen molar-refractivity contribution in [1.29, 1.82) is 0 Å². The molecule has 1 unspecified atom stereocenters. The van der Waals surface area contributed by atoms with E-state index in [-0.39, 0.29) is 28.9 Å². The van der Waals surface area contributed by atoms with Gasteiger partial charge in [0.1, 0.15) is 42.7 Å². The fraction of sp³-hybridized carbons (Fsp3) is 0.476. The Labute approximate surface area is 255 Å². The van der Waals surface area contributed by atoms with Gasteiger partial charge in [0.2, 0.25) is 5.85 Å². The molecule has 0 aliphatic carbocycles. The molecular formula is C21H24F2N8O9P2S2. The average molecular weight is 697 g/mol. The van der Waals surface area contributed by atoms with Crippen LogP contribution in [0.2, 0.25) is 0 Å². The van der Waals surface area contributed by atoms with E-state index in [9.17, 15) is 23.9 Å². The molecule has 2 aliphatic heterocycles. The van der Waals surface area contributed by atoms with Gasteiger partial charge < -0.3 is 48.5 Å². The molecule has 4 aromatic heterocycles. The van der Waals surface area contributed by atoms with E-state index in [4.69, 9.17) is 40.6 Å². The number of nitrogens with zero attached hydrogens (tertiary/aromatic N) is 6. The number of ether oxygens (including phenoxy) is 2. The van der Waals surface area contributed by atoms with E-state index in [0.717, 1.165) is 0 Å². The number of nitrogens with one attached hydrogen (secondary N) is 1. The molecule has 6 rings (SSSR count). The van der Waals surface area contributed by atoms with Crippen molar-refractivity contribution in [1.82, 2.24) is 34.1 Å². The van der Waals surface area contributed by atoms with E-state index < -0.39 is 75.3 Å². The normalized spacial score (nSPS) is 29.1. The van der Waals surface area contributed by atoms with Gasteiger partial charge in [-0.3, -0.25) is 13.9 Å². The van der Waals surface area contributed by atoms with Crippen LogP contribution in [-0.2, 0) is 46.7 Å². The average Bonchev–Trinajstić information content (AvgIpc) is 3.70. The van der Waals surface area contributed by atoms with Crippen molar-refractivity contribution in [2.75, 3.05) is 18.9 Å². The maximum absolute atomic E-state index is 16.4. The summed E-state index contributed by atoms with van der Waals surface area (Å²) in [5.74, 6) is -2.86. The summed E-state index contributed by atoms with van der Waals surface area (Å²) in [6, 6.07) is 1.59. The van der Waals surface area contributed by atoms with E-state index in [1.54, 1.807) is 6.07 Å². The smallest absolute Gasteiger partial charge is 0.327 e. The van der Waals surface area contributed by atoms with Crippen LogP contribution in [0.15, 0.2) is 36.0 Å². The fourth-order valence-electron chi connectivity index (χ4n) is 4.98. The standard InChI is InChI=1S/C21H24F2N8O9P2S2/c22-10-3-14(30-8-28-16-11(30)1-2-25-20(16)32)38-12(10)5-37-42(35,44)40-21(23)4-15(39-13(21)6-36-41(33,34)43)31-9-29-17-18(24)26-7-27-19(17)31/h1-2,7-10,12-15H,3-6H2,(H,25,32)(H,35,44)(H2,24,26,27)(H2,33,34,43)/t10-,12-,13-,14-,15-,21+,42?/m1/s1. The highest BCUT2D eigenvalue weighted by atomic mass is 32.5. The first-order chi connectivity index (χ1) is 20.7. The number of alkyl halides is 2. The highest BCUT2D eigenvalue weighted by Gasteiger charge is 2.55. The third kappa shape index (κ3) is 6.33. The van der Waals surface area contributed by atoms with Gasteiger partial charge in [-0.15, -0.1) is 0 Å². The number of nitrogens with two attached hydrogens (primary N) is 1. The Morgan fingerprint density at radius 3 is 2.61 bits per heavy atom. The Bertz CT molecular complexity index is 1860. The first-order valence-electron chi connectivity index (χ1n) is 12.7. The highest BCUT2D eigenvalue weighted by molar-refractivity contribution is 8.07. The third-order valence-corrected chi connectivity index (χ3v) is 9.34. The summed E-state index contributed by atoms with van der Waals surface area (Å²) < 4.78 is 61.1. The molecule has 6 N–H and O–H groups in total. The highest BCUT2D eigenvalue weighted by Crippen LogP contribution is 2.55. The predicted molar refractivity (Wildman–Crippen MR) is 154 cm³/mol. The number of anilines is 1. The quantitative estimate of drug-likeness (QED) is 0.147. The van der Waals surface area contributed by atoms with Crippen LogP contribution in [0.25, 0.3) is 22.2 Å². The minimum Gasteiger partial charge on any atom is -0.382 e. The summed E-state index contributed by atoms with van der Waals surface area (Å²) in [6.07, 6.45) is -2.13. The Kier molecular flexibility index (Phi) is 8.44. The first kappa shape index (κ1) is 31.6. The van der Waals surface area contributed by atoms with Crippen LogP contribution in [-0.4, -0.2) is 86.2 Å². The Balaban J connectivity index is 1.16. The number of hydrogen-bond donors (Lipinski definition) is 5. The van der Waals surface area contributed by atoms with Gasteiger partial charge in [-0.05, 0) is 29.7 Å². The molecule has 2 saturated heterocycles. The van der Waals surface area contributed by atoms with Crippen molar-refractivity contribution in [3.63, 3.8) is 0 Å². The maximum Gasteiger partial charge on any atom is 0.327 e. The fourth-order valence-corrected chi connectivity index (χ4v) is 7.01. The maximum atomic E-state index is 16.4. The molecule has 2 fully saturated rings. The third-order valence-electron chi connectivity index (χ3n) is 6.99. The topological polar surface area (TPSA) is 227 Å². The van der Waals surface area contributed by atoms with E-state index in [2.05, 4.69) is 36.7 Å². The van der Waals surface area contributed by atoms with Crippen LogP contribution < -0.4 is 11.3 Å². The molecule has 0 radical (unpaired) electrons. The number of halogens is 2. The minimum atomic E-state index is -4.47. The molecule has 7 atom stereocenters. The summed E-state index contributed by atoms with van der Waals surface area (Å²) in [5.41, 5.74) is 6.37. The minimum absolute atomic E-state index is 0.0623. The second-order valence-electron chi connectivity index (χ2n) is 9.87. The molecule has 17 nitrogen and oxygen atoms in total. The van der Waals surface area contributed by atoms with Gasteiger partial charge in [0.15, 0.2) is 17.0 Å². The van der Waals surface area contributed by atoms with Crippen LogP contribution in [0.3, 0.4) is 0 Å². The Morgan fingerprint density at radius 1 is 1.09 bits per heavy atom. The lowest BCUT2D eigenvalue weighted by atomic mass is 10.1. The lowest BCUT2D eigenvalue weighted by molar-refractivity contribution is -0.138. The number of nitrogen functional groups attached to an aromatic ring is 1. The molecule has 6 heterocycles. The molecule has 44 heavy (non-hydrogen) atoms. The van der Waals surface area contributed by atoms with E-state index in [1.807, 2.05) is 0 Å². The molecule has 0 amide bonds. The van der Waals surface area contributed by atoms with Crippen LogP contribution in [0.4, 0.5) is 14.6 Å². The van der Waals surface area contributed by atoms with E-state index in [0.29, 0.717) is 5.52 Å². The van der Waals surface area contributed by atoms with Gasteiger partial charge in [0.25, 0.3) is 5.56 Å². The van der Waals surface area contributed by atoms with Gasteiger partial charge >= 0.3 is 13.4 Å². The lowest BCUT2D eigenvalue weighted by Crippen LogP contribution is -2.39. The van der Waals surface area contributed by atoms with Crippen molar-refractivity contribution >= 4 is 65.1 Å². The van der Waals surface area contributed by atoms with Crippen molar-refractivity contribution in [3.8, 4) is 0 Å². The number of H-pyrrole nitrogens is 1. The van der Waals surface area contributed by atoms with E-state index in [1.165, 1.54) is 34.3 Å². The predicted octanol–water partition coefficient (Wildman–Crippen LogP) is 1.20. The van der Waals surface area contributed by atoms with Crippen LogP contribution >= 0.6 is 13.4 Å². The van der Waals surface area contributed by atoms with Gasteiger partial charge in [0, 0.05) is 12.6 Å². The molecule has 238 valence electrons. The zero-order chi connectivity index (χ0) is 31.4. The van der Waals surface area contributed by atoms with Crippen molar-refractivity contribution in [3.05, 3.63) is 41.6 Å². The second-order valence-corrected chi connectivity index (χ2v) is 15.3. The SMILES string of the molecule is Nc1ncnc2c1ncn2[C@H]1C[C@](F)(OP(O)(=S)OC[C@H]2O[C@@H](n3cnc4c(=O)[nH]ccc43)C[C@H]2F)[C@@H](COP(O)(O)=S)O1. The van der Waals surface area contributed by atoms with Crippen molar-refractivity contribution in [2.45, 2.75) is 49.5 Å². The Hall–Kier alpha value is -2.39. The number of pyridine rings is 1. The summed E-state index contributed by atoms with van der Waals surface area (Å²) in [6.45, 7) is -10.1. The summed E-state index contributed by atoms with van der Waals surface area (Å²) in [4.78, 5) is 60.4. The molecular weight excluding hydrogens is 672 g/mol. The number of hydrogen-bond acceptors (Lipinski definition) is 13. The van der Waals surface area contributed by atoms with E-state index >= 15 is 4.39 Å². The monoisotopic (exact) mass is 696 g/mol. The number of aromatic nitrogens is 7. The molecule has 23 heteroatoms.